The van der Waals surface area contributed by atoms with Gasteiger partial charge in [0.1, 0.15) is 0 Å². The maximum absolute atomic E-state index is 11.1. The van der Waals surface area contributed by atoms with Crippen molar-refractivity contribution in [3.8, 4) is 0 Å². The summed E-state index contributed by atoms with van der Waals surface area (Å²) in [5.74, 6) is -0.185. The molecule has 0 atom stereocenters. The molecule has 3 nitrogen and oxygen atoms in total. The summed E-state index contributed by atoms with van der Waals surface area (Å²) in [5, 5.41) is 0. The number of piperidine rings is 1. The third-order valence-corrected chi connectivity index (χ3v) is 3.23. The van der Waals surface area contributed by atoms with Gasteiger partial charge in [-0.25, -0.2) is 0 Å². The molecule has 1 saturated heterocycles. The van der Waals surface area contributed by atoms with Crippen LogP contribution in [0.15, 0.2) is 24.3 Å². The third-order valence-electron chi connectivity index (χ3n) is 3.23. The van der Waals surface area contributed by atoms with E-state index in [1.54, 1.807) is 0 Å². The molecule has 17 heavy (non-hydrogen) atoms. The Labute approximate surface area is 102 Å². The van der Waals surface area contributed by atoms with Gasteiger partial charge in [0.15, 0.2) is 0 Å². The number of rotatable bonds is 3. The molecule has 1 heterocycles. The van der Waals surface area contributed by atoms with Gasteiger partial charge in [-0.05, 0) is 37.0 Å². The monoisotopic (exact) mass is 233 g/mol. The van der Waals surface area contributed by atoms with Gasteiger partial charge in [-0.15, -0.1) is 0 Å². The molecule has 0 aromatic heterocycles. The number of benzene rings is 1. The van der Waals surface area contributed by atoms with E-state index in [9.17, 15) is 4.79 Å². The minimum Gasteiger partial charge on any atom is -0.469 e. The van der Waals surface area contributed by atoms with Gasteiger partial charge in [0.05, 0.1) is 13.5 Å². The van der Waals surface area contributed by atoms with Crippen LogP contribution < -0.4 is 4.90 Å². The van der Waals surface area contributed by atoms with E-state index in [-0.39, 0.29) is 5.97 Å². The zero-order valence-electron chi connectivity index (χ0n) is 10.3. The predicted molar refractivity (Wildman–Crippen MR) is 68.2 cm³/mol. The van der Waals surface area contributed by atoms with E-state index in [0.717, 1.165) is 18.7 Å². The van der Waals surface area contributed by atoms with Gasteiger partial charge in [0, 0.05) is 18.8 Å². The van der Waals surface area contributed by atoms with Crippen LogP contribution in [-0.2, 0) is 16.0 Å². The fraction of sp³-hybridized carbons (Fsp3) is 0.500. The first-order chi connectivity index (χ1) is 8.29. The number of ether oxygens (including phenoxy) is 1. The maximum Gasteiger partial charge on any atom is 0.309 e. The number of carbonyl (C=O) groups excluding carboxylic acids is 1. The first kappa shape index (κ1) is 12.0. The summed E-state index contributed by atoms with van der Waals surface area (Å²) in [6, 6.07) is 8.23. The molecule has 0 spiro atoms. The smallest absolute Gasteiger partial charge is 0.309 e. The second-order valence-electron chi connectivity index (χ2n) is 4.47. The van der Waals surface area contributed by atoms with Crippen LogP contribution in [0.25, 0.3) is 0 Å². The fourth-order valence-electron chi connectivity index (χ4n) is 2.22. The van der Waals surface area contributed by atoms with Crippen LogP contribution in [0.3, 0.4) is 0 Å². The van der Waals surface area contributed by atoms with E-state index in [4.69, 9.17) is 0 Å². The zero-order valence-corrected chi connectivity index (χ0v) is 10.3. The molecule has 0 amide bonds. The minimum absolute atomic E-state index is 0.185. The second-order valence-corrected chi connectivity index (χ2v) is 4.47. The Morgan fingerprint density at radius 2 is 1.82 bits per heavy atom. The SMILES string of the molecule is COC(=O)Cc1ccc(N2CCCCC2)cc1. The molecular formula is C14H19NO2. The molecule has 0 saturated carbocycles. The Morgan fingerprint density at radius 3 is 2.41 bits per heavy atom. The highest BCUT2D eigenvalue weighted by Gasteiger charge is 2.10. The van der Waals surface area contributed by atoms with Crippen LogP contribution >= 0.6 is 0 Å². The van der Waals surface area contributed by atoms with Crippen LogP contribution in [0.5, 0.6) is 0 Å². The molecule has 2 rings (SSSR count). The Bertz CT molecular complexity index is 366. The normalized spacial score (nSPS) is 15.7. The highest BCUT2D eigenvalue weighted by Crippen LogP contribution is 2.20. The molecule has 1 aromatic carbocycles. The van der Waals surface area contributed by atoms with Crippen molar-refractivity contribution < 1.29 is 9.53 Å². The second kappa shape index (κ2) is 5.71. The standard InChI is InChI=1S/C14H19NO2/c1-17-14(16)11-12-5-7-13(8-6-12)15-9-3-2-4-10-15/h5-8H,2-4,9-11H2,1H3. The van der Waals surface area contributed by atoms with Crippen LogP contribution in [0.1, 0.15) is 24.8 Å². The van der Waals surface area contributed by atoms with Crippen molar-refractivity contribution in [3.63, 3.8) is 0 Å². The Morgan fingerprint density at radius 1 is 1.18 bits per heavy atom. The maximum atomic E-state index is 11.1. The Balaban J connectivity index is 1.99. The van der Waals surface area contributed by atoms with Gasteiger partial charge in [0.25, 0.3) is 0 Å². The summed E-state index contributed by atoms with van der Waals surface area (Å²) < 4.78 is 4.65. The van der Waals surface area contributed by atoms with Crippen molar-refractivity contribution in [3.05, 3.63) is 29.8 Å². The third kappa shape index (κ3) is 3.22. The molecule has 0 radical (unpaired) electrons. The molecule has 0 bridgehead atoms. The molecule has 1 aliphatic heterocycles. The van der Waals surface area contributed by atoms with E-state index in [0.29, 0.717) is 6.42 Å². The molecule has 0 N–H and O–H groups in total. The van der Waals surface area contributed by atoms with E-state index in [2.05, 4.69) is 21.8 Å². The van der Waals surface area contributed by atoms with E-state index in [1.807, 2.05) is 12.1 Å². The first-order valence-electron chi connectivity index (χ1n) is 6.20. The van der Waals surface area contributed by atoms with Crippen molar-refractivity contribution in [2.24, 2.45) is 0 Å². The summed E-state index contributed by atoms with van der Waals surface area (Å²) in [5.41, 5.74) is 2.27. The van der Waals surface area contributed by atoms with Crippen LogP contribution in [0, 0.1) is 0 Å². The minimum atomic E-state index is -0.185. The lowest BCUT2D eigenvalue weighted by atomic mass is 10.1. The molecule has 92 valence electrons. The van der Waals surface area contributed by atoms with Crippen molar-refractivity contribution >= 4 is 11.7 Å². The van der Waals surface area contributed by atoms with Crippen molar-refractivity contribution in [2.45, 2.75) is 25.7 Å². The number of esters is 1. The Kier molecular flexibility index (Phi) is 4.02. The number of hydrogen-bond acceptors (Lipinski definition) is 3. The van der Waals surface area contributed by atoms with Crippen LogP contribution in [0.4, 0.5) is 5.69 Å². The lowest BCUT2D eigenvalue weighted by Gasteiger charge is -2.28. The average Bonchev–Trinajstić information content (AvgIpc) is 2.40. The molecule has 0 aliphatic carbocycles. The molecule has 1 fully saturated rings. The van der Waals surface area contributed by atoms with Crippen molar-refractivity contribution in [2.75, 3.05) is 25.1 Å². The largest absolute Gasteiger partial charge is 0.469 e. The van der Waals surface area contributed by atoms with E-state index < -0.39 is 0 Å². The van der Waals surface area contributed by atoms with Crippen molar-refractivity contribution in [1.82, 2.24) is 0 Å². The number of hydrogen-bond donors (Lipinski definition) is 0. The number of methoxy groups -OCH3 is 1. The summed E-state index contributed by atoms with van der Waals surface area (Å²) in [4.78, 5) is 13.5. The topological polar surface area (TPSA) is 29.5 Å². The highest BCUT2D eigenvalue weighted by atomic mass is 16.5. The summed E-state index contributed by atoms with van der Waals surface area (Å²) in [6.07, 6.45) is 4.27. The van der Waals surface area contributed by atoms with E-state index >= 15 is 0 Å². The average molecular weight is 233 g/mol. The van der Waals surface area contributed by atoms with Gasteiger partial charge in [-0.2, -0.15) is 0 Å². The lowest BCUT2D eigenvalue weighted by Crippen LogP contribution is -2.29. The van der Waals surface area contributed by atoms with Crippen LogP contribution in [-0.4, -0.2) is 26.2 Å². The number of carbonyl (C=O) groups is 1. The molecule has 0 unspecified atom stereocenters. The van der Waals surface area contributed by atoms with Gasteiger partial charge in [0.2, 0.25) is 0 Å². The summed E-state index contributed by atoms with van der Waals surface area (Å²) in [7, 11) is 1.42. The molecule has 3 heteroatoms. The number of nitrogens with zero attached hydrogens (tertiary/aromatic N) is 1. The summed E-state index contributed by atoms with van der Waals surface area (Å²) >= 11 is 0. The number of anilines is 1. The van der Waals surface area contributed by atoms with Gasteiger partial charge in [-0.1, -0.05) is 12.1 Å². The van der Waals surface area contributed by atoms with Gasteiger partial charge in [-0.3, -0.25) is 4.79 Å². The molecule has 1 aromatic rings. The zero-order chi connectivity index (χ0) is 12.1. The quantitative estimate of drug-likeness (QED) is 0.751. The highest BCUT2D eigenvalue weighted by molar-refractivity contribution is 5.72. The fourth-order valence-corrected chi connectivity index (χ4v) is 2.22. The van der Waals surface area contributed by atoms with Gasteiger partial charge < -0.3 is 9.64 Å². The molecule has 1 aliphatic rings. The predicted octanol–water partition coefficient (Wildman–Crippen LogP) is 2.39. The lowest BCUT2D eigenvalue weighted by molar-refractivity contribution is -0.139. The van der Waals surface area contributed by atoms with Gasteiger partial charge >= 0.3 is 5.97 Å². The Hall–Kier alpha value is -1.51. The summed E-state index contributed by atoms with van der Waals surface area (Å²) in [6.45, 7) is 2.30. The van der Waals surface area contributed by atoms with Crippen LogP contribution in [0.2, 0.25) is 0 Å². The first-order valence-corrected chi connectivity index (χ1v) is 6.20. The molecular weight excluding hydrogens is 214 g/mol. The van der Waals surface area contributed by atoms with Crippen molar-refractivity contribution in [1.29, 1.82) is 0 Å². The van der Waals surface area contributed by atoms with E-state index in [1.165, 1.54) is 32.1 Å².